The molecular formula is C10H18O3. The topological polar surface area (TPSA) is 46.5 Å². The van der Waals surface area contributed by atoms with Crippen molar-refractivity contribution in [2.24, 2.45) is 11.3 Å². The molecule has 0 heterocycles. The molecule has 0 aromatic rings. The van der Waals surface area contributed by atoms with E-state index in [9.17, 15) is 4.79 Å². The Labute approximate surface area is 79.1 Å². The van der Waals surface area contributed by atoms with Gasteiger partial charge in [0.25, 0.3) is 0 Å². The van der Waals surface area contributed by atoms with E-state index >= 15 is 0 Å². The molecular weight excluding hydrogens is 168 g/mol. The first-order valence-electron chi connectivity index (χ1n) is 4.89. The number of ether oxygens (including phenoxy) is 1. The highest BCUT2D eigenvalue weighted by Crippen LogP contribution is 2.30. The molecule has 1 aliphatic rings. The van der Waals surface area contributed by atoms with Gasteiger partial charge in [0.15, 0.2) is 0 Å². The standard InChI is InChI=1S/C10H18O3/c1-3-10(2,9(11)12)7-13-6-8-4-5-8/h8H,3-7H2,1-2H3,(H,11,12). The third kappa shape index (κ3) is 2.99. The summed E-state index contributed by atoms with van der Waals surface area (Å²) in [5, 5.41) is 8.93. The minimum absolute atomic E-state index is 0.343. The Hall–Kier alpha value is -0.570. The van der Waals surface area contributed by atoms with Crippen molar-refractivity contribution in [2.45, 2.75) is 33.1 Å². The summed E-state index contributed by atoms with van der Waals surface area (Å²) in [4.78, 5) is 10.9. The van der Waals surface area contributed by atoms with Crippen molar-refractivity contribution in [3.05, 3.63) is 0 Å². The van der Waals surface area contributed by atoms with E-state index in [-0.39, 0.29) is 0 Å². The first kappa shape index (κ1) is 10.5. The highest BCUT2D eigenvalue weighted by Gasteiger charge is 2.32. The Morgan fingerprint density at radius 1 is 1.62 bits per heavy atom. The maximum Gasteiger partial charge on any atom is 0.311 e. The van der Waals surface area contributed by atoms with Crippen LogP contribution < -0.4 is 0 Å². The lowest BCUT2D eigenvalue weighted by molar-refractivity contribution is -0.152. The van der Waals surface area contributed by atoms with Gasteiger partial charge >= 0.3 is 5.97 Å². The molecule has 1 unspecified atom stereocenters. The van der Waals surface area contributed by atoms with Gasteiger partial charge in [-0.15, -0.1) is 0 Å². The summed E-state index contributed by atoms with van der Waals surface area (Å²) in [6.07, 6.45) is 3.11. The van der Waals surface area contributed by atoms with Crippen molar-refractivity contribution in [1.29, 1.82) is 0 Å². The van der Waals surface area contributed by atoms with E-state index < -0.39 is 11.4 Å². The van der Waals surface area contributed by atoms with Gasteiger partial charge < -0.3 is 9.84 Å². The molecule has 0 amide bonds. The molecule has 0 spiro atoms. The zero-order chi connectivity index (χ0) is 9.90. The average Bonchev–Trinajstić information content (AvgIpc) is 2.87. The van der Waals surface area contributed by atoms with Gasteiger partial charge in [-0.05, 0) is 32.1 Å². The van der Waals surface area contributed by atoms with Gasteiger partial charge in [0.05, 0.1) is 12.0 Å². The van der Waals surface area contributed by atoms with Crippen molar-refractivity contribution in [1.82, 2.24) is 0 Å². The molecule has 0 bridgehead atoms. The fourth-order valence-corrected chi connectivity index (χ4v) is 1.05. The van der Waals surface area contributed by atoms with Gasteiger partial charge in [-0.1, -0.05) is 6.92 Å². The van der Waals surface area contributed by atoms with E-state index in [4.69, 9.17) is 9.84 Å². The fourth-order valence-electron chi connectivity index (χ4n) is 1.05. The smallest absolute Gasteiger partial charge is 0.311 e. The van der Waals surface area contributed by atoms with Crippen molar-refractivity contribution < 1.29 is 14.6 Å². The van der Waals surface area contributed by atoms with Gasteiger partial charge in [0, 0.05) is 6.61 Å². The predicted molar refractivity (Wildman–Crippen MR) is 49.6 cm³/mol. The summed E-state index contributed by atoms with van der Waals surface area (Å²) in [5.74, 6) is -0.0549. The molecule has 3 heteroatoms. The molecule has 1 rings (SSSR count). The molecule has 0 aromatic heterocycles. The normalized spacial score (nSPS) is 21.1. The summed E-state index contributed by atoms with van der Waals surface area (Å²) in [7, 11) is 0. The lowest BCUT2D eigenvalue weighted by Gasteiger charge is -2.22. The minimum atomic E-state index is -0.759. The Kier molecular flexibility index (Phi) is 3.31. The van der Waals surface area contributed by atoms with Gasteiger partial charge in [-0.2, -0.15) is 0 Å². The molecule has 0 aliphatic heterocycles. The van der Waals surface area contributed by atoms with E-state index in [0.717, 1.165) is 6.61 Å². The van der Waals surface area contributed by atoms with Crippen LogP contribution in [0, 0.1) is 11.3 Å². The molecule has 76 valence electrons. The van der Waals surface area contributed by atoms with Crippen molar-refractivity contribution in [3.63, 3.8) is 0 Å². The van der Waals surface area contributed by atoms with Gasteiger partial charge in [-0.3, -0.25) is 4.79 Å². The summed E-state index contributed by atoms with van der Waals surface area (Å²) in [6.45, 7) is 4.70. The molecule has 3 nitrogen and oxygen atoms in total. The minimum Gasteiger partial charge on any atom is -0.481 e. The quantitative estimate of drug-likeness (QED) is 0.689. The Balaban J connectivity index is 2.24. The summed E-state index contributed by atoms with van der Waals surface area (Å²) in [6, 6.07) is 0. The second-order valence-corrected chi connectivity index (χ2v) is 4.18. The number of carboxylic acid groups (broad SMARTS) is 1. The number of rotatable bonds is 6. The number of hydrogen-bond donors (Lipinski definition) is 1. The van der Waals surface area contributed by atoms with Gasteiger partial charge in [0.2, 0.25) is 0 Å². The van der Waals surface area contributed by atoms with Crippen LogP contribution in [0.2, 0.25) is 0 Å². The molecule has 1 N–H and O–H groups in total. The van der Waals surface area contributed by atoms with Crippen LogP contribution in [0.4, 0.5) is 0 Å². The first-order chi connectivity index (χ1) is 6.08. The SMILES string of the molecule is CCC(C)(COCC1CC1)C(=O)O. The maximum atomic E-state index is 10.9. The van der Waals surface area contributed by atoms with Crippen LogP contribution in [-0.4, -0.2) is 24.3 Å². The van der Waals surface area contributed by atoms with E-state index in [2.05, 4.69) is 0 Å². The van der Waals surface area contributed by atoms with E-state index in [1.165, 1.54) is 12.8 Å². The van der Waals surface area contributed by atoms with Crippen LogP contribution in [-0.2, 0) is 9.53 Å². The lowest BCUT2D eigenvalue weighted by Crippen LogP contribution is -2.32. The van der Waals surface area contributed by atoms with Crippen molar-refractivity contribution in [2.75, 3.05) is 13.2 Å². The number of aliphatic carboxylic acids is 1. The molecule has 13 heavy (non-hydrogen) atoms. The summed E-state index contributed by atoms with van der Waals surface area (Å²) < 4.78 is 5.39. The van der Waals surface area contributed by atoms with E-state index in [1.54, 1.807) is 6.92 Å². The maximum absolute atomic E-state index is 10.9. The monoisotopic (exact) mass is 186 g/mol. The van der Waals surface area contributed by atoms with Gasteiger partial charge in [0.1, 0.15) is 0 Å². The molecule has 1 aliphatic carbocycles. The van der Waals surface area contributed by atoms with Crippen LogP contribution in [0.1, 0.15) is 33.1 Å². The number of hydrogen-bond acceptors (Lipinski definition) is 2. The predicted octanol–water partition coefficient (Wildman–Crippen LogP) is 1.91. The Morgan fingerprint density at radius 2 is 2.23 bits per heavy atom. The van der Waals surface area contributed by atoms with E-state index in [1.807, 2.05) is 6.92 Å². The number of carbonyl (C=O) groups is 1. The van der Waals surface area contributed by atoms with Crippen LogP contribution in [0.3, 0.4) is 0 Å². The second kappa shape index (κ2) is 4.09. The summed E-state index contributed by atoms with van der Waals surface area (Å²) >= 11 is 0. The largest absolute Gasteiger partial charge is 0.481 e. The third-order valence-electron chi connectivity index (χ3n) is 2.77. The highest BCUT2D eigenvalue weighted by atomic mass is 16.5. The van der Waals surface area contributed by atoms with Crippen molar-refractivity contribution in [3.8, 4) is 0 Å². The Morgan fingerprint density at radius 3 is 2.62 bits per heavy atom. The van der Waals surface area contributed by atoms with Gasteiger partial charge in [-0.25, -0.2) is 0 Å². The average molecular weight is 186 g/mol. The van der Waals surface area contributed by atoms with Crippen LogP contribution in [0.15, 0.2) is 0 Å². The fraction of sp³-hybridized carbons (Fsp3) is 0.900. The zero-order valence-corrected chi connectivity index (χ0v) is 8.38. The number of carboxylic acids is 1. The molecule has 1 fully saturated rings. The molecule has 1 saturated carbocycles. The highest BCUT2D eigenvalue weighted by molar-refractivity contribution is 5.74. The summed E-state index contributed by atoms with van der Waals surface area (Å²) in [5.41, 5.74) is -0.700. The second-order valence-electron chi connectivity index (χ2n) is 4.18. The zero-order valence-electron chi connectivity index (χ0n) is 8.38. The first-order valence-corrected chi connectivity index (χ1v) is 4.89. The lowest BCUT2D eigenvalue weighted by atomic mass is 9.89. The van der Waals surface area contributed by atoms with Crippen LogP contribution in [0.25, 0.3) is 0 Å². The third-order valence-corrected chi connectivity index (χ3v) is 2.77. The van der Waals surface area contributed by atoms with E-state index in [0.29, 0.717) is 18.9 Å². The van der Waals surface area contributed by atoms with Crippen LogP contribution >= 0.6 is 0 Å². The molecule has 0 saturated heterocycles. The Bertz CT molecular complexity index is 187. The molecule has 1 atom stereocenters. The van der Waals surface area contributed by atoms with Crippen molar-refractivity contribution >= 4 is 5.97 Å². The van der Waals surface area contributed by atoms with Crippen LogP contribution in [0.5, 0.6) is 0 Å². The molecule has 0 radical (unpaired) electrons. The molecule has 0 aromatic carbocycles.